The van der Waals surface area contributed by atoms with Gasteiger partial charge in [0.25, 0.3) is 5.91 Å². The van der Waals surface area contributed by atoms with Gasteiger partial charge in [0.1, 0.15) is 5.75 Å². The summed E-state index contributed by atoms with van der Waals surface area (Å²) in [6.07, 6.45) is -0.641. The van der Waals surface area contributed by atoms with Gasteiger partial charge in [0, 0.05) is 26.0 Å². The van der Waals surface area contributed by atoms with Crippen LogP contribution in [0.1, 0.15) is 6.92 Å². The Morgan fingerprint density at radius 3 is 2.42 bits per heavy atom. The van der Waals surface area contributed by atoms with E-state index in [0.717, 1.165) is 20.9 Å². The predicted octanol–water partition coefficient (Wildman–Crippen LogP) is 5.66. The summed E-state index contributed by atoms with van der Waals surface area (Å²) in [6.45, 7) is 1.72. The summed E-state index contributed by atoms with van der Waals surface area (Å²) in [5.41, 5.74) is 0.722. The molecule has 0 aliphatic carbocycles. The predicted molar refractivity (Wildman–Crippen MR) is 102 cm³/mol. The number of anilines is 1. The maximum absolute atomic E-state index is 12.3. The lowest BCUT2D eigenvalue weighted by atomic mass is 10.1. The molecule has 0 saturated heterocycles. The Morgan fingerprint density at radius 1 is 1.04 bits per heavy atom. The molecule has 1 amide bonds. The molecule has 24 heavy (non-hydrogen) atoms. The number of hydrogen-bond donors (Lipinski definition) is 1. The molecule has 122 valence electrons. The first-order chi connectivity index (χ1) is 11.5. The first-order valence-corrected chi connectivity index (χ1v) is 8.62. The van der Waals surface area contributed by atoms with Gasteiger partial charge in [0.05, 0.1) is 0 Å². The van der Waals surface area contributed by atoms with Gasteiger partial charge in [-0.3, -0.25) is 4.79 Å². The van der Waals surface area contributed by atoms with E-state index in [1.54, 1.807) is 19.1 Å². The normalized spacial score (nSPS) is 12.0. The van der Waals surface area contributed by atoms with Crippen molar-refractivity contribution in [3.05, 3.63) is 70.2 Å². The highest BCUT2D eigenvalue weighted by atomic mass is 79.9. The van der Waals surface area contributed by atoms with E-state index in [-0.39, 0.29) is 5.91 Å². The van der Waals surface area contributed by atoms with Crippen LogP contribution in [-0.4, -0.2) is 12.0 Å². The number of fused-ring (bicyclic) bond motifs is 1. The highest BCUT2D eigenvalue weighted by Crippen LogP contribution is 2.31. The maximum Gasteiger partial charge on any atom is 0.265 e. The molecule has 3 nitrogen and oxygen atoms in total. The summed E-state index contributed by atoms with van der Waals surface area (Å²) in [4.78, 5) is 12.3. The summed E-state index contributed by atoms with van der Waals surface area (Å²) in [5, 5.41) is 5.28. The number of carbonyl (C=O) groups is 1. The first-order valence-electron chi connectivity index (χ1n) is 7.45. The molecule has 1 N–H and O–H groups in total. The Hall–Kier alpha value is -2.04. The molecule has 0 aromatic heterocycles. The van der Waals surface area contributed by atoms with Crippen LogP contribution in [0.5, 0.6) is 5.75 Å². The average Bonchev–Trinajstić information content (AvgIpc) is 2.59. The lowest BCUT2D eigenvalue weighted by Gasteiger charge is -2.16. The van der Waals surface area contributed by atoms with Crippen LogP contribution in [0.4, 0.5) is 5.69 Å². The van der Waals surface area contributed by atoms with Crippen LogP contribution in [0.2, 0.25) is 5.02 Å². The standard InChI is InChI=1S/C19H15BrClNO2/c1-12(19(23)22-14-8-6-13(20)7-9-14)24-18-11-10-17(21)15-4-2-3-5-16(15)18/h2-12H,1H3,(H,22,23)/t12-/m1/s1. The topological polar surface area (TPSA) is 38.3 Å². The second-order valence-corrected chi connectivity index (χ2v) is 6.67. The van der Waals surface area contributed by atoms with Crippen molar-refractivity contribution >= 4 is 49.9 Å². The van der Waals surface area contributed by atoms with Crippen LogP contribution in [-0.2, 0) is 4.79 Å². The second-order valence-electron chi connectivity index (χ2n) is 5.35. The molecule has 0 fully saturated rings. The number of benzene rings is 3. The number of carbonyl (C=O) groups excluding carboxylic acids is 1. The molecule has 0 saturated carbocycles. The second kappa shape index (κ2) is 7.24. The minimum absolute atomic E-state index is 0.212. The molecule has 0 aliphatic rings. The molecule has 3 rings (SSSR count). The fourth-order valence-corrected chi connectivity index (χ4v) is 2.85. The van der Waals surface area contributed by atoms with Gasteiger partial charge >= 0.3 is 0 Å². The van der Waals surface area contributed by atoms with E-state index >= 15 is 0 Å². The first kappa shape index (κ1) is 16.8. The smallest absolute Gasteiger partial charge is 0.265 e. The molecule has 0 spiro atoms. The number of ether oxygens (including phenoxy) is 1. The largest absolute Gasteiger partial charge is 0.480 e. The highest BCUT2D eigenvalue weighted by Gasteiger charge is 2.16. The summed E-state index contributed by atoms with van der Waals surface area (Å²) >= 11 is 9.57. The van der Waals surface area contributed by atoms with Gasteiger partial charge in [0.15, 0.2) is 6.10 Å². The third kappa shape index (κ3) is 3.71. The molecule has 3 aromatic rings. The van der Waals surface area contributed by atoms with Crippen molar-refractivity contribution in [1.82, 2.24) is 0 Å². The fraction of sp³-hybridized carbons (Fsp3) is 0.105. The zero-order chi connectivity index (χ0) is 17.1. The van der Waals surface area contributed by atoms with Gasteiger partial charge in [-0.25, -0.2) is 0 Å². The number of halogens is 2. The average molecular weight is 405 g/mol. The third-order valence-electron chi connectivity index (χ3n) is 3.62. The van der Waals surface area contributed by atoms with Crippen molar-refractivity contribution in [3.63, 3.8) is 0 Å². The van der Waals surface area contributed by atoms with E-state index < -0.39 is 6.10 Å². The monoisotopic (exact) mass is 403 g/mol. The number of hydrogen-bond acceptors (Lipinski definition) is 2. The van der Waals surface area contributed by atoms with E-state index in [1.165, 1.54) is 0 Å². The zero-order valence-corrected chi connectivity index (χ0v) is 15.3. The van der Waals surface area contributed by atoms with Crippen molar-refractivity contribution in [3.8, 4) is 5.75 Å². The van der Waals surface area contributed by atoms with Crippen molar-refractivity contribution in [2.75, 3.05) is 5.32 Å². The lowest BCUT2D eigenvalue weighted by molar-refractivity contribution is -0.122. The summed E-state index contributed by atoms with van der Waals surface area (Å²) < 4.78 is 6.82. The van der Waals surface area contributed by atoms with Crippen LogP contribution in [0.25, 0.3) is 10.8 Å². The Labute approximate surface area is 153 Å². The molecule has 5 heteroatoms. The van der Waals surface area contributed by atoms with E-state index in [4.69, 9.17) is 16.3 Å². The quantitative estimate of drug-likeness (QED) is 0.609. The van der Waals surface area contributed by atoms with Crippen molar-refractivity contribution in [2.45, 2.75) is 13.0 Å². The minimum Gasteiger partial charge on any atom is -0.480 e. The third-order valence-corrected chi connectivity index (χ3v) is 4.47. The van der Waals surface area contributed by atoms with Crippen LogP contribution < -0.4 is 10.1 Å². The Morgan fingerprint density at radius 2 is 1.71 bits per heavy atom. The highest BCUT2D eigenvalue weighted by molar-refractivity contribution is 9.10. The van der Waals surface area contributed by atoms with E-state index in [9.17, 15) is 4.79 Å². The van der Waals surface area contributed by atoms with Gasteiger partial charge in [-0.2, -0.15) is 0 Å². The van der Waals surface area contributed by atoms with Crippen molar-refractivity contribution < 1.29 is 9.53 Å². The lowest BCUT2D eigenvalue weighted by Crippen LogP contribution is -2.30. The molecule has 3 aromatic carbocycles. The molecular weight excluding hydrogens is 390 g/mol. The van der Waals surface area contributed by atoms with E-state index in [0.29, 0.717) is 10.8 Å². The van der Waals surface area contributed by atoms with Gasteiger partial charge in [-0.05, 0) is 43.3 Å². The minimum atomic E-state index is -0.641. The van der Waals surface area contributed by atoms with Crippen LogP contribution in [0, 0.1) is 0 Å². The molecule has 1 atom stereocenters. The fourth-order valence-electron chi connectivity index (χ4n) is 2.36. The molecule has 0 unspecified atom stereocenters. The molecule has 0 heterocycles. The van der Waals surface area contributed by atoms with Crippen LogP contribution in [0.15, 0.2) is 65.1 Å². The Balaban J connectivity index is 1.77. The van der Waals surface area contributed by atoms with E-state index in [1.807, 2.05) is 48.5 Å². The Kier molecular flexibility index (Phi) is 5.07. The molecule has 0 aliphatic heterocycles. The summed E-state index contributed by atoms with van der Waals surface area (Å²) in [6, 6.07) is 18.6. The summed E-state index contributed by atoms with van der Waals surface area (Å²) in [7, 11) is 0. The van der Waals surface area contributed by atoms with Gasteiger partial charge in [0.2, 0.25) is 0 Å². The van der Waals surface area contributed by atoms with Crippen molar-refractivity contribution in [1.29, 1.82) is 0 Å². The van der Waals surface area contributed by atoms with Crippen molar-refractivity contribution in [2.24, 2.45) is 0 Å². The number of amides is 1. The Bertz CT molecular complexity index is 880. The van der Waals surface area contributed by atoms with Gasteiger partial charge < -0.3 is 10.1 Å². The summed E-state index contributed by atoms with van der Waals surface area (Å²) in [5.74, 6) is 0.421. The number of rotatable bonds is 4. The van der Waals surface area contributed by atoms with Crippen LogP contribution >= 0.6 is 27.5 Å². The SMILES string of the molecule is C[C@@H](Oc1ccc(Cl)c2ccccc12)C(=O)Nc1ccc(Br)cc1. The number of nitrogens with one attached hydrogen (secondary N) is 1. The van der Waals surface area contributed by atoms with E-state index in [2.05, 4.69) is 21.2 Å². The van der Waals surface area contributed by atoms with Gasteiger partial charge in [-0.1, -0.05) is 51.8 Å². The molecule has 0 bridgehead atoms. The zero-order valence-electron chi connectivity index (χ0n) is 12.9. The van der Waals surface area contributed by atoms with Crippen LogP contribution in [0.3, 0.4) is 0 Å². The maximum atomic E-state index is 12.3. The molecular formula is C19H15BrClNO2. The van der Waals surface area contributed by atoms with Gasteiger partial charge in [-0.15, -0.1) is 0 Å². The molecule has 0 radical (unpaired) electrons.